The van der Waals surface area contributed by atoms with Crippen molar-refractivity contribution in [2.75, 3.05) is 31.7 Å². The van der Waals surface area contributed by atoms with Crippen LogP contribution in [0.25, 0.3) is 11.1 Å². The van der Waals surface area contributed by atoms with Crippen LogP contribution in [-0.4, -0.2) is 42.6 Å². The number of hydrogen-bond donors (Lipinski definition) is 2. The molecule has 9 heteroatoms. The second kappa shape index (κ2) is 7.88. The van der Waals surface area contributed by atoms with Crippen molar-refractivity contribution in [1.29, 1.82) is 0 Å². The maximum Gasteiger partial charge on any atom is 0.391 e. The lowest BCUT2D eigenvalue weighted by Crippen LogP contribution is -2.38. The summed E-state index contributed by atoms with van der Waals surface area (Å²) in [6.07, 6.45) is -2.44. The Morgan fingerprint density at radius 3 is 2.48 bits per heavy atom. The molecule has 1 aliphatic carbocycles. The molecule has 1 heterocycles. The van der Waals surface area contributed by atoms with Crippen molar-refractivity contribution in [3.8, 4) is 11.1 Å². The molecule has 1 saturated carbocycles. The summed E-state index contributed by atoms with van der Waals surface area (Å²) >= 11 is 0. The molecule has 156 valence electrons. The minimum atomic E-state index is -4.12. The number of alkyl halides is 3. The molecule has 0 spiro atoms. The summed E-state index contributed by atoms with van der Waals surface area (Å²) in [6, 6.07) is 6.20. The number of benzene rings is 1. The van der Waals surface area contributed by atoms with E-state index in [2.05, 4.69) is 10.3 Å². The first-order chi connectivity index (χ1) is 13.6. The van der Waals surface area contributed by atoms with Gasteiger partial charge in [0.25, 0.3) is 5.91 Å². The van der Waals surface area contributed by atoms with Gasteiger partial charge in [-0.25, -0.2) is 9.37 Å². The fraction of sp³-hybridized carbons (Fsp3) is 0.400. The van der Waals surface area contributed by atoms with E-state index in [1.54, 1.807) is 12.1 Å². The molecule has 0 aliphatic heterocycles. The van der Waals surface area contributed by atoms with E-state index in [4.69, 9.17) is 5.73 Å². The molecule has 0 radical (unpaired) electrons. The lowest BCUT2D eigenvalue weighted by atomic mass is 9.74. The van der Waals surface area contributed by atoms with E-state index in [0.717, 1.165) is 0 Å². The van der Waals surface area contributed by atoms with E-state index in [9.17, 15) is 22.4 Å². The summed E-state index contributed by atoms with van der Waals surface area (Å²) in [5, 5.41) is 3.01. The van der Waals surface area contributed by atoms with Crippen LogP contribution >= 0.6 is 0 Å². The third-order valence-corrected chi connectivity index (χ3v) is 5.14. The third-order valence-electron chi connectivity index (χ3n) is 5.14. The number of halogens is 4. The predicted molar refractivity (Wildman–Crippen MR) is 103 cm³/mol. The van der Waals surface area contributed by atoms with Crippen molar-refractivity contribution in [1.82, 2.24) is 9.88 Å². The minimum Gasteiger partial charge on any atom is -0.398 e. The van der Waals surface area contributed by atoms with Gasteiger partial charge in [-0.1, -0.05) is 0 Å². The van der Waals surface area contributed by atoms with Gasteiger partial charge in [-0.3, -0.25) is 4.79 Å². The first-order valence-corrected chi connectivity index (χ1v) is 9.14. The van der Waals surface area contributed by atoms with E-state index in [1.807, 2.05) is 0 Å². The molecular formula is C20H22F4N4O. The molecule has 1 amide bonds. The summed E-state index contributed by atoms with van der Waals surface area (Å²) in [7, 11) is 3.02. The molecule has 0 bridgehead atoms. The van der Waals surface area contributed by atoms with Crippen molar-refractivity contribution in [3.05, 3.63) is 41.8 Å². The number of rotatable bonds is 5. The first-order valence-electron chi connectivity index (χ1n) is 9.14. The number of amides is 1. The molecule has 29 heavy (non-hydrogen) atoms. The fourth-order valence-corrected chi connectivity index (χ4v) is 3.33. The molecule has 1 aliphatic rings. The number of nitrogens with two attached hydrogens (primary N) is 1. The third kappa shape index (κ3) is 4.44. The Hall–Kier alpha value is -2.84. The van der Waals surface area contributed by atoms with Crippen LogP contribution in [0.3, 0.4) is 0 Å². The van der Waals surface area contributed by atoms with Crippen LogP contribution in [0.2, 0.25) is 0 Å². The van der Waals surface area contributed by atoms with Crippen LogP contribution < -0.4 is 11.1 Å². The van der Waals surface area contributed by atoms with E-state index >= 15 is 0 Å². The maximum atomic E-state index is 14.9. The highest BCUT2D eigenvalue weighted by atomic mass is 19.4. The first kappa shape index (κ1) is 20.9. The molecule has 3 N–H and O–H groups in total. The molecular weight excluding hydrogens is 388 g/mol. The number of anilines is 2. The predicted octanol–water partition coefficient (Wildman–Crippen LogP) is 4.17. The van der Waals surface area contributed by atoms with Crippen molar-refractivity contribution >= 4 is 17.4 Å². The van der Waals surface area contributed by atoms with Crippen molar-refractivity contribution in [3.63, 3.8) is 0 Å². The maximum absolute atomic E-state index is 14.9. The van der Waals surface area contributed by atoms with Gasteiger partial charge < -0.3 is 16.0 Å². The fourth-order valence-electron chi connectivity index (χ4n) is 3.33. The lowest BCUT2D eigenvalue weighted by molar-refractivity contribution is -0.203. The molecule has 0 unspecified atom stereocenters. The number of nitrogens with one attached hydrogen (secondary N) is 1. The van der Waals surface area contributed by atoms with Crippen molar-refractivity contribution in [2.24, 2.45) is 11.8 Å². The Morgan fingerprint density at radius 2 is 1.93 bits per heavy atom. The zero-order chi connectivity index (χ0) is 21.3. The standard InChI is InChI=1S/C20H22F4N4O/c1-28(2)19(29)17-15(25)5-4-14(18(17)21)12-3-6-16(27-10-12)26-9-11-7-13(8-11)20(22,23)24/h3-6,10-11,13H,7-9,25H2,1-2H3,(H,26,27). The Labute approximate surface area is 165 Å². The van der Waals surface area contributed by atoms with Gasteiger partial charge in [-0.2, -0.15) is 13.2 Å². The highest BCUT2D eigenvalue weighted by Gasteiger charge is 2.47. The number of aromatic nitrogens is 1. The normalized spacial score (nSPS) is 18.8. The van der Waals surface area contributed by atoms with Gasteiger partial charge in [0.05, 0.1) is 11.5 Å². The number of carbonyl (C=O) groups excluding carboxylic acids is 1. The molecule has 5 nitrogen and oxygen atoms in total. The Morgan fingerprint density at radius 1 is 1.24 bits per heavy atom. The summed E-state index contributed by atoms with van der Waals surface area (Å²) in [5.74, 6) is -2.02. The van der Waals surface area contributed by atoms with E-state index in [-0.39, 0.29) is 35.6 Å². The second-order valence-electron chi connectivity index (χ2n) is 7.48. The van der Waals surface area contributed by atoms with E-state index < -0.39 is 23.8 Å². The highest BCUT2D eigenvalue weighted by molar-refractivity contribution is 6.00. The van der Waals surface area contributed by atoms with Crippen molar-refractivity contribution < 1.29 is 22.4 Å². The smallest absolute Gasteiger partial charge is 0.391 e. The Balaban J connectivity index is 1.68. The number of nitrogens with zero attached hydrogens (tertiary/aromatic N) is 2. The van der Waals surface area contributed by atoms with Gasteiger partial charge in [0.15, 0.2) is 0 Å². The summed E-state index contributed by atoms with van der Waals surface area (Å²) in [5.41, 5.74) is 6.28. The number of carbonyl (C=O) groups is 1. The quantitative estimate of drug-likeness (QED) is 0.573. The minimum absolute atomic E-state index is 0.0442. The molecule has 1 fully saturated rings. The van der Waals surface area contributed by atoms with E-state index in [0.29, 0.717) is 17.9 Å². The molecule has 3 rings (SSSR count). The summed E-state index contributed by atoms with van der Waals surface area (Å²) in [6.45, 7) is 0.399. The van der Waals surface area contributed by atoms with Gasteiger partial charge in [0.2, 0.25) is 0 Å². The van der Waals surface area contributed by atoms with Crippen LogP contribution in [0.15, 0.2) is 30.5 Å². The highest BCUT2D eigenvalue weighted by Crippen LogP contribution is 2.44. The number of nitrogen functional groups attached to an aromatic ring is 1. The average Bonchev–Trinajstić information content (AvgIpc) is 2.60. The zero-order valence-corrected chi connectivity index (χ0v) is 16.1. The molecule has 1 aromatic heterocycles. The number of pyridine rings is 1. The largest absolute Gasteiger partial charge is 0.398 e. The van der Waals surface area contributed by atoms with Gasteiger partial charge in [0.1, 0.15) is 11.6 Å². The van der Waals surface area contributed by atoms with Crippen LogP contribution in [0.4, 0.5) is 29.1 Å². The number of hydrogen-bond acceptors (Lipinski definition) is 4. The lowest BCUT2D eigenvalue weighted by Gasteiger charge is -2.36. The molecule has 2 aromatic rings. The Bertz CT molecular complexity index is 891. The molecule has 1 aromatic carbocycles. The van der Waals surface area contributed by atoms with Crippen molar-refractivity contribution in [2.45, 2.75) is 19.0 Å². The van der Waals surface area contributed by atoms with Crippen LogP contribution in [0.1, 0.15) is 23.2 Å². The van der Waals surface area contributed by atoms with E-state index in [1.165, 1.54) is 37.3 Å². The zero-order valence-electron chi connectivity index (χ0n) is 16.1. The van der Waals surface area contributed by atoms with Crippen LogP contribution in [0.5, 0.6) is 0 Å². The van der Waals surface area contributed by atoms with Crippen LogP contribution in [-0.2, 0) is 0 Å². The van der Waals surface area contributed by atoms with Gasteiger partial charge in [0, 0.05) is 43.7 Å². The molecule has 0 saturated heterocycles. The monoisotopic (exact) mass is 410 g/mol. The SMILES string of the molecule is CN(C)C(=O)c1c(N)ccc(-c2ccc(NCC3CC(C(F)(F)F)C3)nc2)c1F. The summed E-state index contributed by atoms with van der Waals surface area (Å²) in [4.78, 5) is 17.6. The topological polar surface area (TPSA) is 71.2 Å². The summed E-state index contributed by atoms with van der Waals surface area (Å²) < 4.78 is 52.5. The van der Waals surface area contributed by atoms with Crippen LogP contribution in [0, 0.1) is 17.7 Å². The average molecular weight is 410 g/mol. The van der Waals surface area contributed by atoms with Gasteiger partial charge in [-0.05, 0) is 43.0 Å². The second-order valence-corrected chi connectivity index (χ2v) is 7.48. The Kier molecular flexibility index (Phi) is 5.68. The molecule has 0 atom stereocenters. The van der Waals surface area contributed by atoms with Gasteiger partial charge >= 0.3 is 6.18 Å². The van der Waals surface area contributed by atoms with Gasteiger partial charge in [-0.15, -0.1) is 0 Å².